The van der Waals surface area contributed by atoms with Crippen molar-refractivity contribution in [2.45, 2.75) is 26.7 Å². The Hall–Kier alpha value is -0.820. The van der Waals surface area contributed by atoms with Gasteiger partial charge in [0.1, 0.15) is 5.78 Å². The molecule has 1 unspecified atom stereocenters. The number of benzene rings is 1. The van der Waals surface area contributed by atoms with Gasteiger partial charge in [-0.1, -0.05) is 44.5 Å². The summed E-state index contributed by atoms with van der Waals surface area (Å²) in [6, 6.07) is 7.46. The van der Waals surface area contributed by atoms with E-state index in [1.165, 1.54) is 0 Å². The Morgan fingerprint density at radius 2 is 1.64 bits per heavy atom. The first-order valence-electron chi connectivity index (χ1n) is 4.81. The molecule has 1 rings (SSSR count). The number of hydrogen-bond donors (Lipinski definition) is 0. The van der Waals surface area contributed by atoms with Crippen LogP contribution in [-0.2, 0) is 4.79 Å². The topological polar surface area (TPSA) is 17.1 Å². The zero-order valence-corrected chi connectivity index (χ0v) is 9.51. The van der Waals surface area contributed by atoms with E-state index >= 15 is 0 Å². The number of Topliss-reactive ketones (excluding diaryl/α,β-unsaturated/α-hetero) is 1. The first-order valence-corrected chi connectivity index (χ1v) is 5.19. The summed E-state index contributed by atoms with van der Waals surface area (Å²) in [6.07, 6.45) is 0. The Labute approximate surface area is 90.1 Å². The van der Waals surface area contributed by atoms with Crippen molar-refractivity contribution in [3.63, 3.8) is 0 Å². The van der Waals surface area contributed by atoms with E-state index in [0.29, 0.717) is 5.02 Å². The molecule has 0 radical (unpaired) electrons. The molecule has 0 spiro atoms. The zero-order valence-electron chi connectivity index (χ0n) is 8.75. The first-order chi connectivity index (χ1) is 6.52. The molecule has 0 aliphatic heterocycles. The Morgan fingerprint density at radius 1 is 1.14 bits per heavy atom. The van der Waals surface area contributed by atoms with Crippen LogP contribution < -0.4 is 0 Å². The number of ketones is 1. The average Bonchev–Trinajstić information content (AvgIpc) is 2.16. The number of carbonyl (C=O) groups is 1. The lowest BCUT2D eigenvalue weighted by Crippen LogP contribution is -2.15. The fourth-order valence-corrected chi connectivity index (χ4v) is 1.54. The highest BCUT2D eigenvalue weighted by molar-refractivity contribution is 6.30. The van der Waals surface area contributed by atoms with Crippen LogP contribution >= 0.6 is 11.6 Å². The third-order valence-electron chi connectivity index (χ3n) is 2.37. The zero-order chi connectivity index (χ0) is 10.7. The molecular weight excluding hydrogens is 196 g/mol. The molecule has 1 aromatic carbocycles. The average molecular weight is 211 g/mol. The van der Waals surface area contributed by atoms with Crippen LogP contribution in [0, 0.1) is 5.92 Å². The first kappa shape index (κ1) is 11.3. The minimum atomic E-state index is -0.0349. The molecule has 1 atom stereocenters. The van der Waals surface area contributed by atoms with Gasteiger partial charge in [-0.3, -0.25) is 4.79 Å². The molecule has 0 aromatic heterocycles. The fourth-order valence-electron chi connectivity index (χ4n) is 1.42. The van der Waals surface area contributed by atoms with Crippen molar-refractivity contribution < 1.29 is 4.79 Å². The quantitative estimate of drug-likeness (QED) is 0.744. The largest absolute Gasteiger partial charge is 0.299 e. The molecule has 0 aliphatic rings. The molecular formula is C12H15ClO. The number of halogens is 1. The molecule has 0 heterocycles. The van der Waals surface area contributed by atoms with E-state index in [1.807, 2.05) is 45.0 Å². The van der Waals surface area contributed by atoms with Gasteiger partial charge in [-0.05, 0) is 17.7 Å². The lowest BCUT2D eigenvalue weighted by Gasteiger charge is -2.13. The smallest absolute Gasteiger partial charge is 0.142 e. The van der Waals surface area contributed by atoms with Crippen LogP contribution in [0.4, 0.5) is 0 Å². The Balaban J connectivity index is 2.84. The van der Waals surface area contributed by atoms with Gasteiger partial charge in [0.25, 0.3) is 0 Å². The van der Waals surface area contributed by atoms with Crippen molar-refractivity contribution in [2.75, 3.05) is 0 Å². The highest BCUT2D eigenvalue weighted by Crippen LogP contribution is 2.21. The Kier molecular flexibility index (Phi) is 3.70. The summed E-state index contributed by atoms with van der Waals surface area (Å²) in [4.78, 5) is 11.7. The van der Waals surface area contributed by atoms with E-state index in [1.54, 1.807) is 0 Å². The van der Waals surface area contributed by atoms with Gasteiger partial charge < -0.3 is 0 Å². The lowest BCUT2D eigenvalue weighted by atomic mass is 9.91. The van der Waals surface area contributed by atoms with Crippen molar-refractivity contribution >= 4 is 17.4 Å². The molecule has 1 aromatic rings. The predicted molar refractivity (Wildman–Crippen MR) is 59.7 cm³/mol. The third kappa shape index (κ3) is 2.58. The molecule has 76 valence electrons. The van der Waals surface area contributed by atoms with Gasteiger partial charge in [0.05, 0.1) is 0 Å². The maximum Gasteiger partial charge on any atom is 0.142 e. The van der Waals surface area contributed by atoms with Gasteiger partial charge in [-0.15, -0.1) is 0 Å². The van der Waals surface area contributed by atoms with Crippen LogP contribution in [0.2, 0.25) is 5.02 Å². The summed E-state index contributed by atoms with van der Waals surface area (Å²) in [5, 5.41) is 0.706. The maximum absolute atomic E-state index is 11.7. The van der Waals surface area contributed by atoms with E-state index in [4.69, 9.17) is 11.6 Å². The molecule has 0 fully saturated rings. The van der Waals surface area contributed by atoms with Crippen molar-refractivity contribution in [3.8, 4) is 0 Å². The van der Waals surface area contributed by atoms with Crippen molar-refractivity contribution in [3.05, 3.63) is 34.9 Å². The van der Waals surface area contributed by atoms with Gasteiger partial charge in [0, 0.05) is 16.9 Å². The standard InChI is InChI=1S/C12H15ClO/c1-8(2)12(14)9(3)10-4-6-11(13)7-5-10/h4-9H,1-3H3. The molecule has 0 aliphatic carbocycles. The maximum atomic E-state index is 11.7. The monoisotopic (exact) mass is 210 g/mol. The van der Waals surface area contributed by atoms with E-state index < -0.39 is 0 Å². The summed E-state index contributed by atoms with van der Waals surface area (Å²) < 4.78 is 0. The molecule has 0 saturated heterocycles. The summed E-state index contributed by atoms with van der Waals surface area (Å²) in [5.74, 6) is 0.320. The number of rotatable bonds is 3. The van der Waals surface area contributed by atoms with Crippen molar-refractivity contribution in [1.82, 2.24) is 0 Å². The van der Waals surface area contributed by atoms with Crippen LogP contribution in [0.15, 0.2) is 24.3 Å². The molecule has 0 amide bonds. The lowest BCUT2D eigenvalue weighted by molar-refractivity contribution is -0.123. The van der Waals surface area contributed by atoms with E-state index in [0.717, 1.165) is 5.56 Å². The second-order valence-electron chi connectivity index (χ2n) is 3.83. The SMILES string of the molecule is CC(C)C(=O)C(C)c1ccc(Cl)cc1. The van der Waals surface area contributed by atoms with Gasteiger partial charge >= 0.3 is 0 Å². The second kappa shape index (κ2) is 4.61. The van der Waals surface area contributed by atoms with E-state index in [9.17, 15) is 4.79 Å². The van der Waals surface area contributed by atoms with Gasteiger partial charge in [-0.2, -0.15) is 0 Å². The summed E-state index contributed by atoms with van der Waals surface area (Å²) in [5.41, 5.74) is 1.04. The van der Waals surface area contributed by atoms with Gasteiger partial charge in [0.15, 0.2) is 0 Å². The van der Waals surface area contributed by atoms with Crippen molar-refractivity contribution in [2.24, 2.45) is 5.92 Å². The van der Waals surface area contributed by atoms with Crippen LogP contribution in [-0.4, -0.2) is 5.78 Å². The fraction of sp³-hybridized carbons (Fsp3) is 0.417. The summed E-state index contributed by atoms with van der Waals surface area (Å²) in [7, 11) is 0. The highest BCUT2D eigenvalue weighted by atomic mass is 35.5. The third-order valence-corrected chi connectivity index (χ3v) is 2.62. The van der Waals surface area contributed by atoms with Crippen molar-refractivity contribution in [1.29, 1.82) is 0 Å². The highest BCUT2D eigenvalue weighted by Gasteiger charge is 2.17. The van der Waals surface area contributed by atoms with Gasteiger partial charge in [-0.25, -0.2) is 0 Å². The molecule has 2 heteroatoms. The van der Waals surface area contributed by atoms with Crippen LogP contribution in [0.25, 0.3) is 0 Å². The Bertz CT molecular complexity index is 314. The minimum Gasteiger partial charge on any atom is -0.299 e. The molecule has 0 N–H and O–H groups in total. The predicted octanol–water partition coefficient (Wildman–Crippen LogP) is 3.67. The molecule has 14 heavy (non-hydrogen) atoms. The van der Waals surface area contributed by atoms with E-state index in [2.05, 4.69) is 0 Å². The summed E-state index contributed by atoms with van der Waals surface area (Å²) >= 11 is 5.77. The normalized spacial score (nSPS) is 12.9. The number of carbonyl (C=O) groups excluding carboxylic acids is 1. The molecule has 0 saturated carbocycles. The number of hydrogen-bond acceptors (Lipinski definition) is 1. The van der Waals surface area contributed by atoms with Crippen LogP contribution in [0.1, 0.15) is 32.3 Å². The van der Waals surface area contributed by atoms with E-state index in [-0.39, 0.29) is 17.6 Å². The Morgan fingerprint density at radius 3 is 2.07 bits per heavy atom. The minimum absolute atomic E-state index is 0.0349. The molecule has 1 nitrogen and oxygen atoms in total. The van der Waals surface area contributed by atoms with Crippen LogP contribution in [0.5, 0.6) is 0 Å². The van der Waals surface area contributed by atoms with Crippen LogP contribution in [0.3, 0.4) is 0 Å². The van der Waals surface area contributed by atoms with Gasteiger partial charge in [0.2, 0.25) is 0 Å². The molecule has 0 bridgehead atoms. The summed E-state index contributed by atoms with van der Waals surface area (Å²) in [6.45, 7) is 5.79. The second-order valence-corrected chi connectivity index (χ2v) is 4.27.